The predicted octanol–water partition coefficient (Wildman–Crippen LogP) is 4.00. The first-order valence-corrected chi connectivity index (χ1v) is 9.28. The smallest absolute Gasteiger partial charge is 0.353 e. The van der Waals surface area contributed by atoms with E-state index in [0.717, 1.165) is 23.6 Å². The average Bonchev–Trinajstić information content (AvgIpc) is 3.01. The second-order valence-corrected chi connectivity index (χ2v) is 7.48. The summed E-state index contributed by atoms with van der Waals surface area (Å²) in [6.45, 7) is 6.25. The third kappa shape index (κ3) is 3.85. The molecule has 3 rings (SSSR count). The monoisotopic (exact) mass is 383 g/mol. The van der Waals surface area contributed by atoms with E-state index in [1.165, 1.54) is 27.8 Å². The molecule has 1 amide bonds. The molecule has 2 aromatic heterocycles. The van der Waals surface area contributed by atoms with Crippen molar-refractivity contribution in [2.45, 2.75) is 26.4 Å². The van der Waals surface area contributed by atoms with Gasteiger partial charge in [-0.05, 0) is 37.1 Å². The molecule has 8 heteroatoms. The number of hydrogen-bond donors (Lipinski definition) is 0. The maximum absolute atomic E-state index is 12.7. The molecular formula is C18H20F3N3OS. The van der Waals surface area contributed by atoms with Crippen molar-refractivity contribution in [1.29, 1.82) is 0 Å². The molecule has 3 heterocycles. The molecule has 0 unspecified atom stereocenters. The van der Waals surface area contributed by atoms with E-state index >= 15 is 0 Å². The van der Waals surface area contributed by atoms with Gasteiger partial charge in [0.1, 0.15) is 5.82 Å². The molecular weight excluding hydrogens is 363 g/mol. The average molecular weight is 383 g/mol. The fraction of sp³-hybridized carbons (Fsp3) is 0.444. The van der Waals surface area contributed by atoms with Gasteiger partial charge in [-0.2, -0.15) is 13.2 Å². The molecule has 2 aromatic rings. The molecule has 0 radical (unpaired) electrons. The summed E-state index contributed by atoms with van der Waals surface area (Å²) in [5, 5.41) is 0. The second kappa shape index (κ2) is 7.26. The minimum absolute atomic E-state index is 0.0258. The Hall–Kier alpha value is -2.09. The van der Waals surface area contributed by atoms with E-state index in [0.29, 0.717) is 32.0 Å². The lowest BCUT2D eigenvalue weighted by Crippen LogP contribution is -2.48. The molecule has 0 aromatic carbocycles. The van der Waals surface area contributed by atoms with Gasteiger partial charge in [-0.3, -0.25) is 4.79 Å². The van der Waals surface area contributed by atoms with Crippen LogP contribution in [0.15, 0.2) is 24.4 Å². The Bertz CT molecular complexity index is 778. The fourth-order valence-electron chi connectivity index (χ4n) is 3.01. The number of thiophene rings is 1. The Morgan fingerprint density at radius 3 is 2.42 bits per heavy atom. The van der Waals surface area contributed by atoms with Crippen LogP contribution in [0.3, 0.4) is 0 Å². The predicted molar refractivity (Wildman–Crippen MR) is 95.8 cm³/mol. The van der Waals surface area contributed by atoms with Crippen molar-refractivity contribution in [2.24, 2.45) is 0 Å². The molecule has 1 aliphatic rings. The lowest BCUT2D eigenvalue weighted by Gasteiger charge is -2.35. The highest BCUT2D eigenvalue weighted by atomic mass is 32.1. The van der Waals surface area contributed by atoms with Crippen LogP contribution in [0.2, 0.25) is 0 Å². The number of aryl methyl sites for hydroxylation is 2. The summed E-state index contributed by atoms with van der Waals surface area (Å²) in [5.74, 6) is 0.531. The van der Waals surface area contributed by atoms with E-state index in [4.69, 9.17) is 0 Å². The van der Waals surface area contributed by atoms with E-state index < -0.39 is 11.7 Å². The first-order chi connectivity index (χ1) is 12.3. The van der Waals surface area contributed by atoms with E-state index in [1.54, 1.807) is 4.90 Å². The van der Waals surface area contributed by atoms with Crippen LogP contribution in [-0.2, 0) is 12.6 Å². The highest BCUT2D eigenvalue weighted by Gasteiger charge is 2.31. The minimum atomic E-state index is -4.38. The normalized spacial score (nSPS) is 15.4. The Balaban J connectivity index is 1.62. The molecule has 0 N–H and O–H groups in total. The number of amides is 1. The van der Waals surface area contributed by atoms with Gasteiger partial charge in [0.15, 0.2) is 0 Å². The number of rotatable bonds is 3. The van der Waals surface area contributed by atoms with Crippen molar-refractivity contribution in [1.82, 2.24) is 9.88 Å². The van der Waals surface area contributed by atoms with Gasteiger partial charge < -0.3 is 9.80 Å². The number of carbonyl (C=O) groups is 1. The first kappa shape index (κ1) is 18.7. The van der Waals surface area contributed by atoms with Crippen molar-refractivity contribution in [3.8, 4) is 0 Å². The lowest BCUT2D eigenvalue weighted by molar-refractivity contribution is -0.137. The van der Waals surface area contributed by atoms with E-state index in [1.807, 2.05) is 17.9 Å². The van der Waals surface area contributed by atoms with Gasteiger partial charge in [0.25, 0.3) is 5.91 Å². The quantitative estimate of drug-likeness (QED) is 0.804. The third-order valence-electron chi connectivity index (χ3n) is 4.58. The summed E-state index contributed by atoms with van der Waals surface area (Å²) < 4.78 is 37.9. The topological polar surface area (TPSA) is 36.4 Å². The van der Waals surface area contributed by atoms with Gasteiger partial charge >= 0.3 is 6.18 Å². The van der Waals surface area contributed by atoms with Crippen molar-refractivity contribution in [3.05, 3.63) is 45.3 Å². The minimum Gasteiger partial charge on any atom is -0.353 e. The van der Waals surface area contributed by atoms with Gasteiger partial charge in [-0.1, -0.05) is 6.92 Å². The highest BCUT2D eigenvalue weighted by molar-refractivity contribution is 7.14. The van der Waals surface area contributed by atoms with Crippen molar-refractivity contribution in [2.75, 3.05) is 31.1 Å². The summed E-state index contributed by atoms with van der Waals surface area (Å²) in [6.07, 6.45) is -2.62. The fourth-order valence-corrected chi connectivity index (χ4v) is 4.09. The van der Waals surface area contributed by atoms with Gasteiger partial charge in [0.05, 0.1) is 10.4 Å². The van der Waals surface area contributed by atoms with Crippen LogP contribution in [0, 0.1) is 6.92 Å². The molecule has 0 aliphatic carbocycles. The number of halogens is 3. The molecule has 0 bridgehead atoms. The van der Waals surface area contributed by atoms with Crippen LogP contribution in [0.1, 0.15) is 32.6 Å². The van der Waals surface area contributed by atoms with Crippen LogP contribution in [0.4, 0.5) is 19.0 Å². The zero-order valence-corrected chi connectivity index (χ0v) is 15.5. The van der Waals surface area contributed by atoms with Gasteiger partial charge in [0.2, 0.25) is 0 Å². The second-order valence-electron chi connectivity index (χ2n) is 6.23. The number of alkyl halides is 3. The molecule has 1 saturated heterocycles. The molecule has 1 aliphatic heterocycles. The molecule has 1 fully saturated rings. The van der Waals surface area contributed by atoms with Crippen LogP contribution in [0.5, 0.6) is 0 Å². The molecule has 0 saturated carbocycles. The number of nitrogens with zero attached hydrogens (tertiary/aromatic N) is 3. The number of anilines is 1. The molecule has 26 heavy (non-hydrogen) atoms. The van der Waals surface area contributed by atoms with E-state index in [-0.39, 0.29) is 5.91 Å². The Morgan fingerprint density at radius 1 is 1.23 bits per heavy atom. The largest absolute Gasteiger partial charge is 0.417 e. The third-order valence-corrected chi connectivity index (χ3v) is 5.66. The van der Waals surface area contributed by atoms with Gasteiger partial charge in [-0.25, -0.2) is 4.98 Å². The zero-order valence-electron chi connectivity index (χ0n) is 14.6. The Kier molecular flexibility index (Phi) is 5.22. The van der Waals surface area contributed by atoms with E-state index in [9.17, 15) is 18.0 Å². The number of carbonyl (C=O) groups excluding carboxylic acids is 1. The number of hydrogen-bond acceptors (Lipinski definition) is 4. The van der Waals surface area contributed by atoms with Crippen LogP contribution in [0.25, 0.3) is 0 Å². The number of piperazine rings is 1. The summed E-state index contributed by atoms with van der Waals surface area (Å²) in [4.78, 5) is 22.2. The number of aromatic nitrogens is 1. The first-order valence-electron chi connectivity index (χ1n) is 8.46. The van der Waals surface area contributed by atoms with E-state index in [2.05, 4.69) is 11.9 Å². The lowest BCUT2D eigenvalue weighted by atomic mass is 10.2. The molecule has 0 atom stereocenters. The summed E-state index contributed by atoms with van der Waals surface area (Å²) in [7, 11) is 0. The van der Waals surface area contributed by atoms with Gasteiger partial charge in [0, 0.05) is 37.3 Å². The molecule has 4 nitrogen and oxygen atoms in total. The maximum Gasteiger partial charge on any atom is 0.417 e. The summed E-state index contributed by atoms with van der Waals surface area (Å²) >= 11 is 1.52. The zero-order chi connectivity index (χ0) is 18.9. The van der Waals surface area contributed by atoms with Crippen LogP contribution in [-0.4, -0.2) is 42.0 Å². The number of pyridine rings is 1. The van der Waals surface area contributed by atoms with Crippen LogP contribution < -0.4 is 4.90 Å². The Morgan fingerprint density at radius 2 is 1.92 bits per heavy atom. The highest BCUT2D eigenvalue weighted by Crippen LogP contribution is 2.29. The summed E-state index contributed by atoms with van der Waals surface area (Å²) in [6, 6.07) is 4.39. The van der Waals surface area contributed by atoms with Crippen molar-refractivity contribution >= 4 is 23.1 Å². The Labute approximate surface area is 154 Å². The van der Waals surface area contributed by atoms with Crippen molar-refractivity contribution < 1.29 is 18.0 Å². The summed E-state index contributed by atoms with van der Waals surface area (Å²) in [5.41, 5.74) is 0.445. The van der Waals surface area contributed by atoms with Crippen molar-refractivity contribution in [3.63, 3.8) is 0 Å². The molecule has 0 spiro atoms. The maximum atomic E-state index is 12.7. The molecule has 140 valence electrons. The van der Waals surface area contributed by atoms with Crippen LogP contribution >= 0.6 is 11.3 Å². The van der Waals surface area contributed by atoms with Gasteiger partial charge in [-0.15, -0.1) is 11.3 Å². The standard InChI is InChI=1S/C18H20F3N3OS/c1-3-13-10-15(26-12(13)2)17(25)24-8-6-23(7-9-24)16-5-4-14(11-22-16)18(19,20)21/h4-5,10-11H,3,6-9H2,1-2H3. The SMILES string of the molecule is CCc1cc(C(=O)N2CCN(c3ccc(C(F)(F)F)cn3)CC2)sc1C.